The molecular formula is C13H16F3N3O2S. The first-order valence-corrected chi connectivity index (χ1v) is 8.31. The van der Waals surface area contributed by atoms with Crippen LogP contribution in [0.1, 0.15) is 38.2 Å². The van der Waals surface area contributed by atoms with Crippen molar-refractivity contribution in [3.05, 3.63) is 17.6 Å². The molecule has 9 heteroatoms. The first kappa shape index (κ1) is 16.7. The van der Waals surface area contributed by atoms with Crippen molar-refractivity contribution in [3.63, 3.8) is 0 Å². The highest BCUT2D eigenvalue weighted by molar-refractivity contribution is 7.91. The van der Waals surface area contributed by atoms with E-state index in [1.165, 1.54) is 20.0 Å². The molecule has 0 aromatic carbocycles. The number of fused-ring (bicyclic) bond motifs is 1. The molecule has 0 N–H and O–H groups in total. The Morgan fingerprint density at radius 1 is 1.27 bits per heavy atom. The van der Waals surface area contributed by atoms with Crippen LogP contribution in [0.2, 0.25) is 0 Å². The van der Waals surface area contributed by atoms with Gasteiger partial charge >= 0.3 is 6.18 Å². The molecular weight excluding hydrogens is 319 g/mol. The Bertz CT molecular complexity index is 823. The third-order valence-corrected chi connectivity index (χ3v) is 5.14. The van der Waals surface area contributed by atoms with Gasteiger partial charge in [0.25, 0.3) is 0 Å². The number of halogens is 3. The Morgan fingerprint density at radius 3 is 2.32 bits per heavy atom. The van der Waals surface area contributed by atoms with Gasteiger partial charge in [0.15, 0.2) is 15.5 Å². The van der Waals surface area contributed by atoms with Crippen LogP contribution in [0.25, 0.3) is 11.2 Å². The SMILES string of the molecule is CCS(=O)(=O)c1cc2c(nc1C(C)C)nc(C(F)(F)F)n2C. The zero-order valence-corrected chi connectivity index (χ0v) is 13.4. The van der Waals surface area contributed by atoms with Crippen LogP contribution in [-0.2, 0) is 23.1 Å². The van der Waals surface area contributed by atoms with Gasteiger partial charge in [-0.1, -0.05) is 20.8 Å². The molecule has 0 atom stereocenters. The van der Waals surface area contributed by atoms with Crippen molar-refractivity contribution in [3.8, 4) is 0 Å². The average molecular weight is 335 g/mol. The second kappa shape index (κ2) is 5.22. The lowest BCUT2D eigenvalue weighted by atomic mass is 10.1. The van der Waals surface area contributed by atoms with E-state index >= 15 is 0 Å². The van der Waals surface area contributed by atoms with Crippen LogP contribution in [0.4, 0.5) is 13.2 Å². The molecule has 2 heterocycles. The fourth-order valence-corrected chi connectivity index (χ4v) is 3.38. The van der Waals surface area contributed by atoms with Crippen molar-refractivity contribution in [2.45, 2.75) is 37.8 Å². The Kier molecular flexibility index (Phi) is 3.97. The number of pyridine rings is 1. The van der Waals surface area contributed by atoms with E-state index in [0.29, 0.717) is 0 Å². The van der Waals surface area contributed by atoms with Crippen molar-refractivity contribution in [2.75, 3.05) is 5.75 Å². The molecule has 122 valence electrons. The third kappa shape index (κ3) is 2.69. The standard InChI is InChI=1S/C13H16F3N3O2S/c1-5-22(20,21)9-6-8-11(17-10(9)7(2)3)18-12(19(8)4)13(14,15)16/h6-7H,5H2,1-4H3. The topological polar surface area (TPSA) is 64.8 Å². The highest BCUT2D eigenvalue weighted by atomic mass is 32.2. The number of imidazole rings is 1. The van der Waals surface area contributed by atoms with Crippen LogP contribution in [0.5, 0.6) is 0 Å². The number of hydrogen-bond acceptors (Lipinski definition) is 4. The molecule has 0 saturated carbocycles. The molecule has 0 aliphatic heterocycles. The van der Waals surface area contributed by atoms with E-state index in [0.717, 1.165) is 4.57 Å². The highest BCUT2D eigenvalue weighted by Gasteiger charge is 2.37. The van der Waals surface area contributed by atoms with Crippen LogP contribution >= 0.6 is 0 Å². The van der Waals surface area contributed by atoms with Crippen molar-refractivity contribution >= 4 is 21.0 Å². The van der Waals surface area contributed by atoms with Gasteiger partial charge in [-0.3, -0.25) is 0 Å². The van der Waals surface area contributed by atoms with Gasteiger partial charge in [0.1, 0.15) is 0 Å². The molecule has 0 bridgehead atoms. The van der Waals surface area contributed by atoms with Gasteiger partial charge in [0, 0.05) is 7.05 Å². The highest BCUT2D eigenvalue weighted by Crippen LogP contribution is 2.32. The van der Waals surface area contributed by atoms with Crippen LogP contribution in [0.3, 0.4) is 0 Å². The number of nitrogens with zero attached hydrogens (tertiary/aromatic N) is 3. The summed E-state index contributed by atoms with van der Waals surface area (Å²) in [5.41, 5.74) is 0.179. The van der Waals surface area contributed by atoms with Gasteiger partial charge in [0.2, 0.25) is 5.82 Å². The van der Waals surface area contributed by atoms with E-state index in [4.69, 9.17) is 0 Å². The quantitative estimate of drug-likeness (QED) is 0.865. The zero-order valence-electron chi connectivity index (χ0n) is 12.6. The molecule has 0 radical (unpaired) electrons. The second-order valence-corrected chi connectivity index (χ2v) is 7.51. The summed E-state index contributed by atoms with van der Waals surface area (Å²) in [5.74, 6) is -1.50. The van der Waals surface area contributed by atoms with Crippen molar-refractivity contribution < 1.29 is 21.6 Å². The predicted octanol–water partition coefficient (Wildman–Crippen LogP) is 2.90. The van der Waals surface area contributed by atoms with Crippen LogP contribution < -0.4 is 0 Å². The largest absolute Gasteiger partial charge is 0.449 e. The summed E-state index contributed by atoms with van der Waals surface area (Å²) < 4.78 is 64.0. The summed E-state index contributed by atoms with van der Waals surface area (Å²) in [6.45, 7) is 4.95. The maximum Gasteiger partial charge on any atom is 0.449 e. The second-order valence-electron chi connectivity index (χ2n) is 5.26. The van der Waals surface area contributed by atoms with E-state index < -0.39 is 21.8 Å². The fraction of sp³-hybridized carbons (Fsp3) is 0.538. The van der Waals surface area contributed by atoms with E-state index in [9.17, 15) is 21.6 Å². The minimum Gasteiger partial charge on any atom is -0.322 e. The van der Waals surface area contributed by atoms with Gasteiger partial charge in [-0.2, -0.15) is 13.2 Å². The summed E-state index contributed by atoms with van der Waals surface area (Å²) >= 11 is 0. The Hall–Kier alpha value is -1.64. The number of aryl methyl sites for hydroxylation is 1. The normalized spacial score (nSPS) is 13.3. The molecule has 0 aliphatic rings. The first-order chi connectivity index (χ1) is 9.99. The predicted molar refractivity (Wildman–Crippen MR) is 75.3 cm³/mol. The van der Waals surface area contributed by atoms with Gasteiger partial charge in [0.05, 0.1) is 21.9 Å². The Morgan fingerprint density at radius 2 is 1.86 bits per heavy atom. The Labute approximate surface area is 126 Å². The van der Waals surface area contributed by atoms with Gasteiger partial charge in [-0.15, -0.1) is 0 Å². The van der Waals surface area contributed by atoms with Gasteiger partial charge < -0.3 is 4.57 Å². The summed E-state index contributed by atoms with van der Waals surface area (Å²) in [4.78, 5) is 7.55. The summed E-state index contributed by atoms with van der Waals surface area (Å²) in [7, 11) is -2.40. The van der Waals surface area contributed by atoms with Crippen LogP contribution in [-0.4, -0.2) is 28.7 Å². The lowest BCUT2D eigenvalue weighted by Crippen LogP contribution is -2.12. The number of aromatic nitrogens is 3. The van der Waals surface area contributed by atoms with E-state index in [2.05, 4.69) is 9.97 Å². The Balaban J connectivity index is 2.87. The maximum atomic E-state index is 12.9. The lowest BCUT2D eigenvalue weighted by Gasteiger charge is -2.12. The molecule has 22 heavy (non-hydrogen) atoms. The minimum atomic E-state index is -4.63. The molecule has 0 aliphatic carbocycles. The molecule has 0 unspecified atom stereocenters. The number of alkyl halides is 3. The maximum absolute atomic E-state index is 12.9. The van der Waals surface area contributed by atoms with Crippen molar-refractivity contribution in [1.82, 2.24) is 14.5 Å². The van der Waals surface area contributed by atoms with Crippen molar-refractivity contribution in [1.29, 1.82) is 0 Å². The summed E-state index contributed by atoms with van der Waals surface area (Å²) in [5, 5.41) is 0. The molecule has 2 aromatic heterocycles. The van der Waals surface area contributed by atoms with Crippen molar-refractivity contribution in [2.24, 2.45) is 7.05 Å². The molecule has 2 rings (SSSR count). The fourth-order valence-electron chi connectivity index (χ4n) is 2.18. The van der Waals surface area contributed by atoms with Gasteiger partial charge in [-0.05, 0) is 12.0 Å². The lowest BCUT2D eigenvalue weighted by molar-refractivity contribution is -0.146. The van der Waals surface area contributed by atoms with E-state index in [1.807, 2.05) is 0 Å². The average Bonchev–Trinajstić information content (AvgIpc) is 2.74. The molecule has 0 spiro atoms. The molecule has 0 saturated heterocycles. The van der Waals surface area contributed by atoms with E-state index in [-0.39, 0.29) is 33.4 Å². The number of hydrogen-bond donors (Lipinski definition) is 0. The minimum absolute atomic E-state index is 0.0331. The van der Waals surface area contributed by atoms with E-state index in [1.54, 1.807) is 13.8 Å². The van der Waals surface area contributed by atoms with Crippen LogP contribution in [0, 0.1) is 0 Å². The first-order valence-electron chi connectivity index (χ1n) is 6.66. The third-order valence-electron chi connectivity index (χ3n) is 3.38. The molecule has 5 nitrogen and oxygen atoms in total. The number of rotatable bonds is 3. The smallest absolute Gasteiger partial charge is 0.322 e. The number of sulfone groups is 1. The summed E-state index contributed by atoms with van der Waals surface area (Å²) in [6, 6.07) is 1.23. The monoisotopic (exact) mass is 335 g/mol. The van der Waals surface area contributed by atoms with Gasteiger partial charge in [-0.25, -0.2) is 18.4 Å². The van der Waals surface area contributed by atoms with Crippen LogP contribution in [0.15, 0.2) is 11.0 Å². The molecule has 0 amide bonds. The molecule has 0 fully saturated rings. The zero-order chi connectivity index (χ0) is 16.9. The summed E-state index contributed by atoms with van der Waals surface area (Å²) in [6.07, 6.45) is -4.63. The molecule has 2 aromatic rings.